The van der Waals surface area contributed by atoms with Crippen molar-refractivity contribution in [3.8, 4) is 5.75 Å². The number of carbonyl (C=O) groups excluding carboxylic acids is 2. The van der Waals surface area contributed by atoms with Crippen LogP contribution in [0.4, 0.5) is 13.2 Å². The molecule has 0 spiro atoms. The zero-order chi connectivity index (χ0) is 19.4. The zero-order valence-corrected chi connectivity index (χ0v) is 15.0. The maximum Gasteiger partial charge on any atom is 0.471 e. The minimum atomic E-state index is -4.85. The lowest BCUT2D eigenvalue weighted by Crippen LogP contribution is -2.49. The molecule has 0 aliphatic carbocycles. The van der Waals surface area contributed by atoms with E-state index < -0.39 is 12.1 Å². The van der Waals surface area contributed by atoms with Crippen LogP contribution in [0.25, 0.3) is 0 Å². The van der Waals surface area contributed by atoms with Gasteiger partial charge < -0.3 is 14.5 Å². The largest absolute Gasteiger partial charge is 0.490 e. The van der Waals surface area contributed by atoms with Crippen LogP contribution in [0.2, 0.25) is 0 Å². The summed E-state index contributed by atoms with van der Waals surface area (Å²) in [6.07, 6.45) is -2.78. The Balaban J connectivity index is 1.44. The average Bonchev–Trinajstić information content (AvgIpc) is 2.68. The molecule has 3 rings (SSSR count). The summed E-state index contributed by atoms with van der Waals surface area (Å²) in [6.45, 7) is 1.11. The van der Waals surface area contributed by atoms with E-state index in [-0.39, 0.29) is 43.9 Å². The third-order valence-electron chi connectivity index (χ3n) is 5.17. The molecule has 1 aromatic carbocycles. The van der Waals surface area contributed by atoms with Crippen LogP contribution in [0.5, 0.6) is 5.75 Å². The summed E-state index contributed by atoms with van der Waals surface area (Å²) >= 11 is 0. The van der Waals surface area contributed by atoms with Crippen LogP contribution < -0.4 is 4.74 Å². The molecule has 0 atom stereocenters. The molecule has 0 unspecified atom stereocenters. The zero-order valence-electron chi connectivity index (χ0n) is 15.0. The average molecular weight is 384 g/mol. The highest BCUT2D eigenvalue weighted by Gasteiger charge is 2.44. The molecule has 2 fully saturated rings. The first-order chi connectivity index (χ1) is 12.8. The number of para-hydroxylation sites is 1. The molecule has 8 heteroatoms. The Labute approximate surface area is 156 Å². The Morgan fingerprint density at radius 2 is 1.44 bits per heavy atom. The standard InChI is InChI=1S/C19H23F3N2O3/c20-19(21,22)18(26)24-10-6-14(7-11-24)17(25)23-12-8-16(9-13-23)27-15-4-2-1-3-5-15/h1-5,14,16H,6-13H2. The van der Waals surface area contributed by atoms with Crippen LogP contribution in [0.1, 0.15) is 25.7 Å². The van der Waals surface area contributed by atoms with Crippen molar-refractivity contribution in [2.45, 2.75) is 38.0 Å². The molecular formula is C19H23F3N2O3. The van der Waals surface area contributed by atoms with E-state index in [0.717, 1.165) is 23.5 Å². The van der Waals surface area contributed by atoms with E-state index in [9.17, 15) is 22.8 Å². The van der Waals surface area contributed by atoms with Gasteiger partial charge in [-0.05, 0) is 25.0 Å². The Kier molecular flexibility index (Phi) is 5.92. The molecule has 0 aromatic heterocycles. The number of halogens is 3. The topological polar surface area (TPSA) is 49.9 Å². The van der Waals surface area contributed by atoms with Gasteiger partial charge in [0.15, 0.2) is 0 Å². The molecule has 1 aromatic rings. The molecule has 148 valence electrons. The number of nitrogens with zero attached hydrogens (tertiary/aromatic N) is 2. The van der Waals surface area contributed by atoms with Crippen molar-refractivity contribution in [2.24, 2.45) is 5.92 Å². The maximum absolute atomic E-state index is 12.7. The van der Waals surface area contributed by atoms with Crippen molar-refractivity contribution in [1.82, 2.24) is 9.80 Å². The molecule has 0 radical (unpaired) electrons. The van der Waals surface area contributed by atoms with Crippen molar-refractivity contribution in [1.29, 1.82) is 0 Å². The van der Waals surface area contributed by atoms with Gasteiger partial charge in [-0.3, -0.25) is 9.59 Å². The van der Waals surface area contributed by atoms with E-state index in [1.165, 1.54) is 0 Å². The molecule has 2 heterocycles. The second-order valence-corrected chi connectivity index (χ2v) is 7.02. The number of piperidine rings is 2. The third-order valence-corrected chi connectivity index (χ3v) is 5.17. The van der Waals surface area contributed by atoms with Crippen molar-refractivity contribution in [3.05, 3.63) is 30.3 Å². The lowest BCUT2D eigenvalue weighted by molar-refractivity contribution is -0.187. The summed E-state index contributed by atoms with van der Waals surface area (Å²) < 4.78 is 43.4. The molecule has 0 N–H and O–H groups in total. The molecule has 0 bridgehead atoms. The van der Waals surface area contributed by atoms with Crippen LogP contribution in [-0.4, -0.2) is 60.1 Å². The molecule has 2 aliphatic rings. The SMILES string of the molecule is O=C(C1CCN(C(=O)C(F)(F)F)CC1)N1CCC(Oc2ccccc2)CC1. The molecule has 0 saturated carbocycles. The minimum absolute atomic E-state index is 0.0210. The highest BCUT2D eigenvalue weighted by atomic mass is 19.4. The van der Waals surface area contributed by atoms with E-state index >= 15 is 0 Å². The molecular weight excluding hydrogens is 361 g/mol. The summed E-state index contributed by atoms with van der Waals surface area (Å²) in [5, 5.41) is 0. The van der Waals surface area contributed by atoms with Gasteiger partial charge in [0.25, 0.3) is 0 Å². The van der Waals surface area contributed by atoms with E-state index in [0.29, 0.717) is 13.1 Å². The normalized spacial score (nSPS) is 19.8. The summed E-state index contributed by atoms with van der Waals surface area (Å²) in [5.41, 5.74) is 0. The second-order valence-electron chi connectivity index (χ2n) is 7.02. The van der Waals surface area contributed by atoms with Crippen molar-refractivity contribution in [3.63, 3.8) is 0 Å². The van der Waals surface area contributed by atoms with Crippen LogP contribution >= 0.6 is 0 Å². The van der Waals surface area contributed by atoms with Gasteiger partial charge in [0.05, 0.1) is 0 Å². The Morgan fingerprint density at radius 3 is 2.00 bits per heavy atom. The number of rotatable bonds is 3. The second kappa shape index (κ2) is 8.19. The number of benzene rings is 1. The van der Waals surface area contributed by atoms with Gasteiger partial charge in [-0.1, -0.05) is 18.2 Å². The monoisotopic (exact) mass is 384 g/mol. The van der Waals surface area contributed by atoms with Crippen LogP contribution in [0.15, 0.2) is 30.3 Å². The number of amides is 2. The van der Waals surface area contributed by atoms with Gasteiger partial charge in [0.2, 0.25) is 5.91 Å². The van der Waals surface area contributed by atoms with Crippen molar-refractivity contribution in [2.75, 3.05) is 26.2 Å². The molecule has 2 amide bonds. The molecule has 2 aliphatic heterocycles. The predicted octanol–water partition coefficient (Wildman–Crippen LogP) is 2.86. The highest BCUT2D eigenvalue weighted by molar-refractivity contribution is 5.83. The lowest BCUT2D eigenvalue weighted by Gasteiger charge is -2.37. The number of ether oxygens (including phenoxy) is 1. The number of hydrogen-bond acceptors (Lipinski definition) is 3. The van der Waals surface area contributed by atoms with Gasteiger partial charge in [0, 0.05) is 44.9 Å². The van der Waals surface area contributed by atoms with Gasteiger partial charge in [0.1, 0.15) is 11.9 Å². The fourth-order valence-electron chi connectivity index (χ4n) is 3.65. The molecule has 27 heavy (non-hydrogen) atoms. The Morgan fingerprint density at radius 1 is 0.889 bits per heavy atom. The van der Waals surface area contributed by atoms with E-state index in [1.54, 1.807) is 4.90 Å². The van der Waals surface area contributed by atoms with Crippen molar-refractivity contribution >= 4 is 11.8 Å². The van der Waals surface area contributed by atoms with E-state index in [4.69, 9.17) is 4.74 Å². The number of carbonyl (C=O) groups is 2. The third kappa shape index (κ3) is 4.93. The van der Waals surface area contributed by atoms with Gasteiger partial charge in [-0.25, -0.2) is 0 Å². The van der Waals surface area contributed by atoms with Crippen LogP contribution in [-0.2, 0) is 9.59 Å². The van der Waals surface area contributed by atoms with Gasteiger partial charge in [-0.2, -0.15) is 13.2 Å². The van der Waals surface area contributed by atoms with Crippen LogP contribution in [0.3, 0.4) is 0 Å². The number of hydrogen-bond donors (Lipinski definition) is 0. The molecule has 2 saturated heterocycles. The lowest BCUT2D eigenvalue weighted by atomic mass is 9.94. The first kappa shape index (κ1) is 19.5. The Hall–Kier alpha value is -2.25. The summed E-state index contributed by atoms with van der Waals surface area (Å²) in [4.78, 5) is 26.5. The van der Waals surface area contributed by atoms with E-state index in [1.807, 2.05) is 30.3 Å². The van der Waals surface area contributed by atoms with Gasteiger partial charge >= 0.3 is 12.1 Å². The predicted molar refractivity (Wildman–Crippen MR) is 92.0 cm³/mol. The first-order valence-electron chi connectivity index (χ1n) is 9.21. The fraction of sp³-hybridized carbons (Fsp3) is 0.579. The smallest absolute Gasteiger partial charge is 0.471 e. The summed E-state index contributed by atoms with van der Waals surface area (Å²) in [7, 11) is 0. The fourth-order valence-corrected chi connectivity index (χ4v) is 3.65. The summed E-state index contributed by atoms with van der Waals surface area (Å²) in [6, 6.07) is 9.52. The summed E-state index contributed by atoms with van der Waals surface area (Å²) in [5.74, 6) is -1.34. The minimum Gasteiger partial charge on any atom is -0.490 e. The maximum atomic E-state index is 12.7. The number of alkyl halides is 3. The number of likely N-dealkylation sites (tertiary alicyclic amines) is 2. The quantitative estimate of drug-likeness (QED) is 0.805. The Bertz CT molecular complexity index is 650. The van der Waals surface area contributed by atoms with E-state index in [2.05, 4.69) is 0 Å². The van der Waals surface area contributed by atoms with Gasteiger partial charge in [-0.15, -0.1) is 0 Å². The molecule has 5 nitrogen and oxygen atoms in total. The van der Waals surface area contributed by atoms with Crippen LogP contribution in [0, 0.1) is 5.92 Å². The highest BCUT2D eigenvalue weighted by Crippen LogP contribution is 2.26. The first-order valence-corrected chi connectivity index (χ1v) is 9.21. The van der Waals surface area contributed by atoms with Crippen molar-refractivity contribution < 1.29 is 27.5 Å².